The van der Waals surface area contributed by atoms with Gasteiger partial charge in [0.15, 0.2) is 5.82 Å². The van der Waals surface area contributed by atoms with Crippen molar-refractivity contribution < 1.29 is 22.8 Å². The van der Waals surface area contributed by atoms with Crippen molar-refractivity contribution in [1.82, 2.24) is 35.0 Å². The Bertz CT molecular complexity index is 1440. The molecule has 1 unspecified atom stereocenters. The third kappa shape index (κ3) is 5.66. The van der Waals surface area contributed by atoms with Crippen LogP contribution in [0.4, 0.5) is 19.0 Å². The van der Waals surface area contributed by atoms with Gasteiger partial charge in [0.05, 0.1) is 28.5 Å². The highest BCUT2D eigenvalue weighted by Crippen LogP contribution is 2.35. The van der Waals surface area contributed by atoms with Gasteiger partial charge < -0.3 is 10.6 Å². The Balaban J connectivity index is 1.43. The van der Waals surface area contributed by atoms with E-state index in [0.29, 0.717) is 16.9 Å². The minimum absolute atomic E-state index is 0.101. The van der Waals surface area contributed by atoms with Crippen molar-refractivity contribution in [3.8, 4) is 5.82 Å². The van der Waals surface area contributed by atoms with Crippen LogP contribution in [-0.4, -0.2) is 41.5 Å². The summed E-state index contributed by atoms with van der Waals surface area (Å²) in [7, 11) is 0. The minimum Gasteiger partial charge on any atom is -0.342 e. The zero-order valence-corrected chi connectivity index (χ0v) is 20.1. The molecule has 2 N–H and O–H groups in total. The molecule has 0 aliphatic heterocycles. The number of alkyl halides is 3. The lowest BCUT2D eigenvalue weighted by Crippen LogP contribution is -2.27. The van der Waals surface area contributed by atoms with E-state index in [1.165, 1.54) is 23.3 Å². The molecule has 4 aromatic heterocycles. The van der Waals surface area contributed by atoms with Crippen molar-refractivity contribution in [2.45, 2.75) is 26.1 Å². The molecule has 0 bridgehead atoms. The van der Waals surface area contributed by atoms with Gasteiger partial charge in [-0.2, -0.15) is 18.3 Å². The van der Waals surface area contributed by atoms with Crippen molar-refractivity contribution in [2.24, 2.45) is 0 Å². The fraction of sp³-hybridized carbons (Fsp3) is 0.190. The lowest BCUT2D eigenvalue weighted by molar-refractivity contribution is -0.137. The number of carbonyl (C=O) groups excluding carboxylic acids is 2. The number of amides is 2. The second kappa shape index (κ2) is 9.99. The maximum Gasteiger partial charge on any atom is 0.418 e. The summed E-state index contributed by atoms with van der Waals surface area (Å²) in [5, 5.41) is 9.08. The van der Waals surface area contributed by atoms with Crippen molar-refractivity contribution in [2.75, 3.05) is 5.32 Å². The lowest BCUT2D eigenvalue weighted by atomic mass is 10.2. The third-order valence-corrected chi connectivity index (χ3v) is 6.19. The maximum absolute atomic E-state index is 13.0. The van der Waals surface area contributed by atoms with E-state index >= 15 is 0 Å². The van der Waals surface area contributed by atoms with E-state index in [0.717, 1.165) is 23.2 Å². The number of nitrogens with one attached hydrogen (secondary N) is 2. The first kappa shape index (κ1) is 25.2. The smallest absolute Gasteiger partial charge is 0.342 e. The Labute approximate surface area is 210 Å². The van der Waals surface area contributed by atoms with Crippen LogP contribution in [0.5, 0.6) is 0 Å². The van der Waals surface area contributed by atoms with Gasteiger partial charge in [0.2, 0.25) is 0 Å². The van der Waals surface area contributed by atoms with E-state index in [4.69, 9.17) is 11.6 Å². The number of aryl methyl sites for hydroxylation is 1. The summed E-state index contributed by atoms with van der Waals surface area (Å²) in [6.07, 6.45) is 0.302. The second-order valence-electron chi connectivity index (χ2n) is 7.42. The van der Waals surface area contributed by atoms with Crippen LogP contribution in [0.25, 0.3) is 5.82 Å². The molecule has 1 atom stereocenters. The molecule has 0 aromatic carbocycles. The van der Waals surface area contributed by atoms with Crippen molar-refractivity contribution in [3.63, 3.8) is 0 Å². The predicted molar refractivity (Wildman–Crippen MR) is 124 cm³/mol. The lowest BCUT2D eigenvalue weighted by Gasteiger charge is -2.11. The van der Waals surface area contributed by atoms with Gasteiger partial charge >= 0.3 is 6.18 Å². The number of halogens is 4. The molecule has 0 saturated heterocycles. The summed E-state index contributed by atoms with van der Waals surface area (Å²) in [6.45, 7) is 3.48. The first-order valence-electron chi connectivity index (χ1n) is 10.2. The van der Waals surface area contributed by atoms with Gasteiger partial charge in [0, 0.05) is 18.5 Å². The molecule has 0 radical (unpaired) electrons. The Morgan fingerprint density at radius 3 is 2.58 bits per heavy atom. The quantitative estimate of drug-likeness (QED) is 0.377. The molecule has 0 spiro atoms. The number of hydrogen-bond donors (Lipinski definition) is 2. The van der Waals surface area contributed by atoms with E-state index in [1.807, 2.05) is 6.92 Å². The molecule has 0 aliphatic carbocycles. The summed E-state index contributed by atoms with van der Waals surface area (Å²) in [6, 6.07) is 3.31. The minimum atomic E-state index is -4.70. The van der Waals surface area contributed by atoms with Crippen LogP contribution in [0, 0.1) is 6.92 Å². The van der Waals surface area contributed by atoms with Crippen LogP contribution in [-0.2, 0) is 6.18 Å². The summed E-state index contributed by atoms with van der Waals surface area (Å²) in [5.74, 6) is -1.12. The van der Waals surface area contributed by atoms with E-state index in [1.54, 1.807) is 19.2 Å². The molecular weight excluding hydrogens is 521 g/mol. The van der Waals surface area contributed by atoms with Gasteiger partial charge in [-0.25, -0.2) is 24.6 Å². The molecule has 2 amide bonds. The number of nitrogens with zero attached hydrogens (tertiary/aromatic N) is 6. The highest BCUT2D eigenvalue weighted by Gasteiger charge is 2.34. The second-order valence-corrected chi connectivity index (χ2v) is 8.89. The fourth-order valence-electron chi connectivity index (χ4n) is 2.97. The van der Waals surface area contributed by atoms with Crippen molar-refractivity contribution in [3.05, 3.63) is 75.0 Å². The Morgan fingerprint density at radius 2 is 1.89 bits per heavy atom. The molecule has 10 nitrogen and oxygen atoms in total. The van der Waals surface area contributed by atoms with Crippen molar-refractivity contribution >= 4 is 40.6 Å². The number of aromatic nitrogens is 6. The standard InChI is InChI=1S/C21H16ClF3N8O2S/c1-10-3-4-33(32-10)17-6-14(28-9-29-17)18(34)30-11(2)20-27-8-15(36-20)19(35)31-16-5-12(21(23,24)25)13(22)7-26-16/h3-9,11H,1-2H3,(H,30,34)(H,26,31,35). The van der Waals surface area contributed by atoms with Crippen LogP contribution in [0.2, 0.25) is 5.02 Å². The molecule has 4 heterocycles. The SMILES string of the molecule is Cc1ccn(-c2cc(C(=O)NC(C)c3ncc(C(=O)Nc4cc(C(F)(F)F)c(Cl)cn4)s3)ncn2)n1. The van der Waals surface area contributed by atoms with Crippen LogP contribution in [0.15, 0.2) is 43.1 Å². The number of hydrogen-bond acceptors (Lipinski definition) is 8. The monoisotopic (exact) mass is 536 g/mol. The zero-order valence-electron chi connectivity index (χ0n) is 18.5. The van der Waals surface area contributed by atoms with E-state index < -0.39 is 34.6 Å². The molecular formula is C21H16ClF3N8O2S. The molecule has 0 fully saturated rings. The fourth-order valence-corrected chi connectivity index (χ4v) is 3.99. The summed E-state index contributed by atoms with van der Waals surface area (Å²) in [4.78, 5) is 41.2. The molecule has 186 valence electrons. The number of anilines is 1. The average molecular weight is 537 g/mol. The van der Waals surface area contributed by atoms with Gasteiger partial charge in [-0.1, -0.05) is 11.6 Å². The summed E-state index contributed by atoms with van der Waals surface area (Å²) < 4.78 is 40.6. The Hall–Kier alpha value is -3.91. The molecule has 0 saturated carbocycles. The van der Waals surface area contributed by atoms with Gasteiger partial charge in [-0.05, 0) is 26.0 Å². The number of carbonyl (C=O) groups is 2. The first-order valence-corrected chi connectivity index (χ1v) is 11.4. The topological polar surface area (TPSA) is 128 Å². The summed E-state index contributed by atoms with van der Waals surface area (Å²) in [5.41, 5.74) is -0.236. The molecule has 4 aromatic rings. The van der Waals surface area contributed by atoms with Crippen molar-refractivity contribution in [1.29, 1.82) is 0 Å². The van der Waals surface area contributed by atoms with Crippen LogP contribution >= 0.6 is 22.9 Å². The van der Waals surface area contributed by atoms with E-state index in [-0.39, 0.29) is 16.4 Å². The van der Waals surface area contributed by atoms with Crippen LogP contribution in [0.1, 0.15) is 49.4 Å². The highest BCUT2D eigenvalue weighted by molar-refractivity contribution is 7.13. The molecule has 4 rings (SSSR count). The largest absolute Gasteiger partial charge is 0.418 e. The first-order chi connectivity index (χ1) is 17.0. The van der Waals surface area contributed by atoms with Gasteiger partial charge in [-0.15, -0.1) is 11.3 Å². The zero-order chi connectivity index (χ0) is 26.0. The number of thiazole rings is 1. The maximum atomic E-state index is 13.0. The number of rotatable bonds is 6. The number of pyridine rings is 1. The average Bonchev–Trinajstić information content (AvgIpc) is 3.49. The van der Waals surface area contributed by atoms with E-state index in [2.05, 4.69) is 35.7 Å². The van der Waals surface area contributed by atoms with E-state index in [9.17, 15) is 22.8 Å². The van der Waals surface area contributed by atoms with Gasteiger partial charge in [0.25, 0.3) is 11.8 Å². The van der Waals surface area contributed by atoms with Crippen LogP contribution < -0.4 is 10.6 Å². The van der Waals surface area contributed by atoms with Gasteiger partial charge in [-0.3, -0.25) is 9.59 Å². The van der Waals surface area contributed by atoms with Crippen LogP contribution in [0.3, 0.4) is 0 Å². The van der Waals surface area contributed by atoms with Gasteiger partial charge in [0.1, 0.15) is 27.7 Å². The normalized spacial score (nSPS) is 12.3. The molecule has 0 aliphatic rings. The molecule has 36 heavy (non-hydrogen) atoms. The predicted octanol–water partition coefficient (Wildman–Crippen LogP) is 4.24. The summed E-state index contributed by atoms with van der Waals surface area (Å²) >= 11 is 6.51. The Kier molecular flexibility index (Phi) is 6.99. The third-order valence-electron chi connectivity index (χ3n) is 4.71. The molecule has 15 heteroatoms. The Morgan fingerprint density at radius 1 is 1.11 bits per heavy atom. The highest BCUT2D eigenvalue weighted by atomic mass is 35.5.